The fourth-order valence-corrected chi connectivity index (χ4v) is 3.29. The highest BCUT2D eigenvalue weighted by atomic mass is 79.9. The van der Waals surface area contributed by atoms with Gasteiger partial charge in [0.15, 0.2) is 0 Å². The summed E-state index contributed by atoms with van der Waals surface area (Å²) >= 11 is 9.95. The van der Waals surface area contributed by atoms with E-state index in [0.29, 0.717) is 0 Å². The third kappa shape index (κ3) is 3.60. The minimum absolute atomic E-state index is 0.0293. The van der Waals surface area contributed by atoms with E-state index in [1.807, 2.05) is 25.1 Å². The van der Waals surface area contributed by atoms with Crippen molar-refractivity contribution in [2.45, 2.75) is 25.9 Å². The number of nitrogens with two attached hydrogens (primary N) is 1. The Balaban J connectivity index is 2.32. The maximum Gasteiger partial charge on any atom is 0.0526 e. The van der Waals surface area contributed by atoms with Gasteiger partial charge in [0.25, 0.3) is 0 Å². The van der Waals surface area contributed by atoms with Crippen LogP contribution in [0.4, 0.5) is 5.69 Å². The molecule has 0 amide bonds. The van der Waals surface area contributed by atoms with Crippen LogP contribution in [0.3, 0.4) is 0 Å². The molecular formula is C17H20BrClN2. The standard InChI is InChI=1S/C17H20BrClN2/c1-11(20)13-8-9-17(15(18)10-13)21(3)12(2)14-6-4-5-7-16(14)19/h4-12H,20H2,1-3H3/t11-,12?/m0/s1. The van der Waals surface area contributed by atoms with Gasteiger partial charge in [-0.2, -0.15) is 0 Å². The third-order valence-electron chi connectivity index (χ3n) is 3.81. The minimum atomic E-state index is 0.0293. The van der Waals surface area contributed by atoms with Gasteiger partial charge in [0.2, 0.25) is 0 Å². The Morgan fingerprint density at radius 3 is 2.38 bits per heavy atom. The van der Waals surface area contributed by atoms with Gasteiger partial charge in [0.1, 0.15) is 0 Å². The number of halogens is 2. The lowest BCUT2D eigenvalue weighted by Crippen LogP contribution is -2.22. The molecule has 0 aromatic heterocycles. The molecule has 0 spiro atoms. The Bertz CT molecular complexity index is 628. The number of rotatable bonds is 4. The van der Waals surface area contributed by atoms with Gasteiger partial charge in [-0.1, -0.05) is 35.9 Å². The highest BCUT2D eigenvalue weighted by molar-refractivity contribution is 9.10. The largest absolute Gasteiger partial charge is 0.367 e. The Hall–Kier alpha value is -1.03. The van der Waals surface area contributed by atoms with E-state index >= 15 is 0 Å². The molecule has 0 fully saturated rings. The summed E-state index contributed by atoms with van der Waals surface area (Å²) in [5.41, 5.74) is 9.28. The average molecular weight is 368 g/mol. The van der Waals surface area contributed by atoms with Crippen molar-refractivity contribution in [1.82, 2.24) is 0 Å². The van der Waals surface area contributed by atoms with E-state index in [1.54, 1.807) is 0 Å². The lowest BCUT2D eigenvalue weighted by Gasteiger charge is -2.29. The fraction of sp³-hybridized carbons (Fsp3) is 0.294. The van der Waals surface area contributed by atoms with Gasteiger partial charge in [-0.15, -0.1) is 0 Å². The Kier molecular flexibility index (Phi) is 5.31. The fourth-order valence-electron chi connectivity index (χ4n) is 2.32. The predicted molar refractivity (Wildman–Crippen MR) is 95.0 cm³/mol. The number of hydrogen-bond acceptors (Lipinski definition) is 2. The Morgan fingerprint density at radius 1 is 1.14 bits per heavy atom. The first-order valence-corrected chi connectivity index (χ1v) is 8.11. The first-order chi connectivity index (χ1) is 9.91. The van der Waals surface area contributed by atoms with Crippen LogP contribution < -0.4 is 10.6 Å². The Labute approximate surface area is 140 Å². The van der Waals surface area contributed by atoms with Gasteiger partial charge < -0.3 is 10.6 Å². The highest BCUT2D eigenvalue weighted by Gasteiger charge is 2.17. The molecule has 0 bridgehead atoms. The summed E-state index contributed by atoms with van der Waals surface area (Å²) < 4.78 is 1.04. The monoisotopic (exact) mass is 366 g/mol. The van der Waals surface area contributed by atoms with Crippen molar-refractivity contribution in [3.05, 3.63) is 63.1 Å². The smallest absolute Gasteiger partial charge is 0.0526 e. The van der Waals surface area contributed by atoms with Crippen molar-refractivity contribution in [2.75, 3.05) is 11.9 Å². The minimum Gasteiger partial charge on any atom is -0.367 e. The van der Waals surface area contributed by atoms with E-state index in [2.05, 4.69) is 59.1 Å². The zero-order valence-electron chi connectivity index (χ0n) is 12.5. The summed E-state index contributed by atoms with van der Waals surface area (Å²) in [6, 6.07) is 14.4. The molecule has 21 heavy (non-hydrogen) atoms. The van der Waals surface area contributed by atoms with Gasteiger partial charge >= 0.3 is 0 Å². The summed E-state index contributed by atoms with van der Waals surface area (Å²) in [6.07, 6.45) is 0. The average Bonchev–Trinajstić information content (AvgIpc) is 2.46. The summed E-state index contributed by atoms with van der Waals surface area (Å²) in [7, 11) is 2.07. The van der Waals surface area contributed by atoms with Gasteiger partial charge in [-0.3, -0.25) is 0 Å². The van der Waals surface area contributed by atoms with Gasteiger partial charge in [0.05, 0.1) is 11.7 Å². The van der Waals surface area contributed by atoms with E-state index in [9.17, 15) is 0 Å². The molecule has 0 aliphatic rings. The van der Waals surface area contributed by atoms with Crippen LogP contribution in [0, 0.1) is 0 Å². The van der Waals surface area contributed by atoms with Crippen molar-refractivity contribution >= 4 is 33.2 Å². The Morgan fingerprint density at radius 2 is 1.81 bits per heavy atom. The summed E-state index contributed by atoms with van der Waals surface area (Å²) in [5.74, 6) is 0. The van der Waals surface area contributed by atoms with Crippen LogP contribution in [0.1, 0.15) is 37.1 Å². The molecule has 2 rings (SSSR count). The van der Waals surface area contributed by atoms with E-state index in [-0.39, 0.29) is 12.1 Å². The number of benzene rings is 2. The summed E-state index contributed by atoms with van der Waals surface area (Å²) in [6.45, 7) is 4.13. The molecule has 0 aliphatic heterocycles. The van der Waals surface area contributed by atoms with Crippen LogP contribution in [0.2, 0.25) is 5.02 Å². The second-order valence-corrected chi connectivity index (χ2v) is 6.57. The molecule has 0 radical (unpaired) electrons. The van der Waals surface area contributed by atoms with Crippen LogP contribution in [0.5, 0.6) is 0 Å². The quantitative estimate of drug-likeness (QED) is 0.792. The maximum absolute atomic E-state index is 6.30. The van der Waals surface area contributed by atoms with Crippen LogP contribution in [0.15, 0.2) is 46.9 Å². The molecule has 2 aromatic rings. The lowest BCUT2D eigenvalue weighted by molar-refractivity contribution is 0.737. The summed E-state index contributed by atoms with van der Waals surface area (Å²) in [4.78, 5) is 2.20. The van der Waals surface area contributed by atoms with Crippen LogP contribution in [-0.4, -0.2) is 7.05 Å². The molecule has 1 unspecified atom stereocenters. The zero-order valence-corrected chi connectivity index (χ0v) is 14.8. The summed E-state index contributed by atoms with van der Waals surface area (Å²) in [5, 5.41) is 0.792. The van der Waals surface area contributed by atoms with Crippen LogP contribution >= 0.6 is 27.5 Å². The lowest BCUT2D eigenvalue weighted by atomic mass is 10.1. The molecular weight excluding hydrogens is 348 g/mol. The topological polar surface area (TPSA) is 29.3 Å². The van der Waals surface area contributed by atoms with Gasteiger partial charge in [-0.05, 0) is 59.1 Å². The van der Waals surface area contributed by atoms with Crippen LogP contribution in [-0.2, 0) is 0 Å². The van der Waals surface area contributed by atoms with E-state index in [0.717, 1.165) is 26.3 Å². The van der Waals surface area contributed by atoms with Gasteiger partial charge in [0, 0.05) is 22.6 Å². The normalized spacial score (nSPS) is 13.8. The first kappa shape index (κ1) is 16.3. The predicted octanol–water partition coefficient (Wildman–Crippen LogP) is 5.32. The number of nitrogens with zero attached hydrogens (tertiary/aromatic N) is 1. The number of hydrogen-bond donors (Lipinski definition) is 1. The third-order valence-corrected chi connectivity index (χ3v) is 4.79. The van der Waals surface area contributed by atoms with Crippen molar-refractivity contribution in [2.24, 2.45) is 5.73 Å². The first-order valence-electron chi connectivity index (χ1n) is 6.94. The zero-order chi connectivity index (χ0) is 15.6. The second kappa shape index (κ2) is 6.82. The molecule has 0 saturated carbocycles. The molecule has 112 valence electrons. The SMILES string of the molecule is CC(c1ccccc1Cl)N(C)c1ccc([C@H](C)N)cc1Br. The molecule has 0 aliphatic carbocycles. The molecule has 2 nitrogen and oxygen atoms in total. The van der Waals surface area contributed by atoms with E-state index < -0.39 is 0 Å². The van der Waals surface area contributed by atoms with Gasteiger partial charge in [-0.25, -0.2) is 0 Å². The second-order valence-electron chi connectivity index (χ2n) is 5.31. The van der Waals surface area contributed by atoms with Crippen LogP contribution in [0.25, 0.3) is 0 Å². The molecule has 0 saturated heterocycles. The molecule has 2 N–H and O–H groups in total. The van der Waals surface area contributed by atoms with Crippen molar-refractivity contribution in [1.29, 1.82) is 0 Å². The van der Waals surface area contributed by atoms with Crippen molar-refractivity contribution in [3.8, 4) is 0 Å². The highest BCUT2D eigenvalue weighted by Crippen LogP contribution is 2.35. The molecule has 4 heteroatoms. The number of anilines is 1. The molecule has 0 heterocycles. The van der Waals surface area contributed by atoms with Crippen molar-refractivity contribution < 1.29 is 0 Å². The maximum atomic E-state index is 6.30. The molecule has 2 aromatic carbocycles. The van der Waals surface area contributed by atoms with E-state index in [1.165, 1.54) is 0 Å². The van der Waals surface area contributed by atoms with Crippen molar-refractivity contribution in [3.63, 3.8) is 0 Å². The molecule has 2 atom stereocenters. The van der Waals surface area contributed by atoms with E-state index in [4.69, 9.17) is 17.3 Å².